The average molecular weight is 571 g/mol. The number of hydrogen-bond acceptors (Lipinski definition) is 6. The molecule has 10 heteroatoms. The Morgan fingerprint density at radius 2 is 1.64 bits per heavy atom. The Morgan fingerprint density at radius 3 is 2.33 bits per heavy atom. The molecule has 2 N–H and O–H groups in total. The summed E-state index contributed by atoms with van der Waals surface area (Å²) in [4.78, 5) is 47.0. The number of amides is 4. The van der Waals surface area contributed by atoms with Crippen LogP contribution in [0.3, 0.4) is 0 Å². The Bertz CT molecular complexity index is 1430. The molecule has 3 unspecified atom stereocenters. The maximum Gasteiger partial charge on any atom is 0.334 e. The molecular formula is C32H38N6O4. The lowest BCUT2D eigenvalue weighted by Gasteiger charge is -2.57. The molecule has 3 atom stereocenters. The largest absolute Gasteiger partial charge is 0.508 e. The van der Waals surface area contributed by atoms with Crippen molar-refractivity contribution in [1.29, 1.82) is 0 Å². The number of nitrogens with one attached hydrogen (secondary N) is 1. The fourth-order valence-electron chi connectivity index (χ4n) is 5.81. The van der Waals surface area contributed by atoms with Crippen LogP contribution in [-0.4, -0.2) is 88.7 Å². The monoisotopic (exact) mass is 570 g/mol. The molecule has 0 bridgehead atoms. The van der Waals surface area contributed by atoms with Crippen molar-refractivity contribution in [3.05, 3.63) is 95.6 Å². The molecule has 10 nitrogen and oxygen atoms in total. The van der Waals surface area contributed by atoms with Gasteiger partial charge < -0.3 is 25.1 Å². The molecule has 5 rings (SSSR count). The van der Waals surface area contributed by atoms with Gasteiger partial charge >= 0.3 is 6.03 Å². The van der Waals surface area contributed by atoms with E-state index in [9.17, 15) is 19.5 Å². The number of likely N-dealkylation sites (N-methyl/N-ethyl adjacent to an activating group) is 1. The molecule has 2 saturated heterocycles. The van der Waals surface area contributed by atoms with E-state index in [1.54, 1.807) is 51.1 Å². The first kappa shape index (κ1) is 28.9. The molecule has 2 aliphatic heterocycles. The van der Waals surface area contributed by atoms with Crippen LogP contribution in [0.2, 0.25) is 0 Å². The van der Waals surface area contributed by atoms with E-state index in [-0.39, 0.29) is 36.6 Å². The zero-order chi connectivity index (χ0) is 30.0. The molecular weight excluding hydrogens is 532 g/mol. The molecule has 0 radical (unpaired) electrons. The van der Waals surface area contributed by atoms with Crippen LogP contribution in [0.15, 0.2) is 78.9 Å². The van der Waals surface area contributed by atoms with E-state index >= 15 is 0 Å². The molecule has 4 amide bonds. The van der Waals surface area contributed by atoms with Gasteiger partial charge in [-0.1, -0.05) is 54.6 Å². The first-order chi connectivity index (χ1) is 20.1. The molecule has 3 aromatic carbocycles. The minimum atomic E-state index is -0.821. The Hall–Kier alpha value is -4.57. The first-order valence-electron chi connectivity index (χ1n) is 14.1. The topological polar surface area (TPSA) is 99.7 Å². The van der Waals surface area contributed by atoms with Gasteiger partial charge in [-0.3, -0.25) is 9.59 Å². The molecule has 0 aliphatic carbocycles. The van der Waals surface area contributed by atoms with Crippen molar-refractivity contribution in [1.82, 2.24) is 25.1 Å². The molecule has 2 aliphatic rings. The summed E-state index contributed by atoms with van der Waals surface area (Å²) >= 11 is 0. The van der Waals surface area contributed by atoms with Crippen molar-refractivity contribution in [3.63, 3.8) is 0 Å². The zero-order valence-electron chi connectivity index (χ0n) is 24.5. The van der Waals surface area contributed by atoms with Gasteiger partial charge in [0, 0.05) is 46.3 Å². The van der Waals surface area contributed by atoms with E-state index in [0.717, 1.165) is 22.4 Å². The van der Waals surface area contributed by atoms with Crippen LogP contribution in [0.25, 0.3) is 0 Å². The number of benzene rings is 3. The molecule has 0 saturated carbocycles. The van der Waals surface area contributed by atoms with E-state index in [1.165, 1.54) is 0 Å². The fraction of sp³-hybridized carbons (Fsp3) is 0.344. The number of piperazine rings is 1. The van der Waals surface area contributed by atoms with Crippen molar-refractivity contribution in [3.8, 4) is 5.75 Å². The number of aromatic hydroxyl groups is 1. The number of nitrogens with zero attached hydrogens (tertiary/aromatic N) is 5. The van der Waals surface area contributed by atoms with Gasteiger partial charge in [0.2, 0.25) is 11.8 Å². The summed E-state index contributed by atoms with van der Waals surface area (Å²) in [5, 5.41) is 16.0. The smallest absolute Gasteiger partial charge is 0.334 e. The first-order valence-corrected chi connectivity index (χ1v) is 14.1. The molecule has 0 aromatic heterocycles. The Labute approximate surface area is 246 Å². The summed E-state index contributed by atoms with van der Waals surface area (Å²) in [6, 6.07) is 22.6. The molecule has 3 aromatic rings. The number of fused-ring (bicyclic) bond motifs is 1. The van der Waals surface area contributed by atoms with Gasteiger partial charge in [-0.05, 0) is 47.9 Å². The van der Waals surface area contributed by atoms with Crippen LogP contribution in [0, 0.1) is 0 Å². The third kappa shape index (κ3) is 5.89. The minimum absolute atomic E-state index is 0.0355. The lowest BCUT2D eigenvalue weighted by Crippen LogP contribution is -2.78. The number of carbonyl (C=O) groups is 3. The molecule has 2 fully saturated rings. The summed E-state index contributed by atoms with van der Waals surface area (Å²) in [5.41, 5.74) is 3.73. The third-order valence-corrected chi connectivity index (χ3v) is 8.02. The highest BCUT2D eigenvalue weighted by atomic mass is 16.3. The van der Waals surface area contributed by atoms with Gasteiger partial charge in [-0.15, -0.1) is 0 Å². The lowest BCUT2D eigenvalue weighted by atomic mass is 9.95. The summed E-state index contributed by atoms with van der Waals surface area (Å²) in [6.07, 6.45) is -0.463. The molecule has 0 spiro atoms. The number of urea groups is 1. The van der Waals surface area contributed by atoms with Crippen molar-refractivity contribution >= 4 is 23.5 Å². The summed E-state index contributed by atoms with van der Waals surface area (Å²) < 4.78 is 0. The SMILES string of the molecule is CC1C2N(C(=O)CN(C)N2C(=O)NCc2ccccc2)C(Cc2ccc(O)cc2)C(=O)N1Cc1cccc(N(C)C)c1. The van der Waals surface area contributed by atoms with Crippen LogP contribution in [0.1, 0.15) is 23.6 Å². The second-order valence-corrected chi connectivity index (χ2v) is 11.2. The van der Waals surface area contributed by atoms with E-state index in [0.29, 0.717) is 13.1 Å². The molecule has 220 valence electrons. The average Bonchev–Trinajstić information content (AvgIpc) is 2.98. The summed E-state index contributed by atoms with van der Waals surface area (Å²) in [6.45, 7) is 2.52. The van der Waals surface area contributed by atoms with Crippen molar-refractivity contribution in [2.24, 2.45) is 0 Å². The van der Waals surface area contributed by atoms with Crippen molar-refractivity contribution in [2.75, 3.05) is 32.6 Å². The van der Waals surface area contributed by atoms with Crippen LogP contribution in [-0.2, 0) is 29.1 Å². The minimum Gasteiger partial charge on any atom is -0.508 e. The number of carbonyl (C=O) groups excluding carboxylic acids is 3. The van der Waals surface area contributed by atoms with Crippen LogP contribution in [0.5, 0.6) is 5.75 Å². The Morgan fingerprint density at radius 1 is 0.952 bits per heavy atom. The second kappa shape index (κ2) is 12.1. The normalized spacial score (nSPS) is 20.9. The number of hydrogen-bond donors (Lipinski definition) is 2. The number of phenols is 1. The van der Waals surface area contributed by atoms with Gasteiger partial charge in [-0.2, -0.15) is 0 Å². The molecule has 42 heavy (non-hydrogen) atoms. The zero-order valence-corrected chi connectivity index (χ0v) is 24.5. The predicted octanol–water partition coefficient (Wildman–Crippen LogP) is 3.03. The quantitative estimate of drug-likeness (QED) is 0.453. The van der Waals surface area contributed by atoms with Gasteiger partial charge in [-0.25, -0.2) is 14.8 Å². The predicted molar refractivity (Wildman–Crippen MR) is 160 cm³/mol. The highest BCUT2D eigenvalue weighted by Crippen LogP contribution is 2.33. The Balaban J connectivity index is 1.50. The van der Waals surface area contributed by atoms with Crippen LogP contribution >= 0.6 is 0 Å². The number of rotatable bonds is 7. The van der Waals surface area contributed by atoms with E-state index < -0.39 is 18.2 Å². The van der Waals surface area contributed by atoms with Gasteiger partial charge in [0.1, 0.15) is 18.0 Å². The van der Waals surface area contributed by atoms with Gasteiger partial charge in [0.15, 0.2) is 0 Å². The van der Waals surface area contributed by atoms with E-state index in [4.69, 9.17) is 0 Å². The van der Waals surface area contributed by atoms with E-state index in [1.807, 2.05) is 80.5 Å². The number of anilines is 1. The Kier molecular flexibility index (Phi) is 8.35. The maximum absolute atomic E-state index is 14.2. The number of hydrazine groups is 1. The van der Waals surface area contributed by atoms with E-state index in [2.05, 4.69) is 5.32 Å². The number of phenolic OH excluding ortho intramolecular Hbond substituents is 1. The van der Waals surface area contributed by atoms with Crippen LogP contribution < -0.4 is 10.2 Å². The maximum atomic E-state index is 14.2. The highest BCUT2D eigenvalue weighted by Gasteiger charge is 2.54. The van der Waals surface area contributed by atoms with Crippen LogP contribution in [0.4, 0.5) is 10.5 Å². The molecule has 2 heterocycles. The van der Waals surface area contributed by atoms with Gasteiger partial charge in [0.25, 0.3) is 0 Å². The van der Waals surface area contributed by atoms with Crippen molar-refractivity contribution in [2.45, 2.75) is 44.7 Å². The second-order valence-electron chi connectivity index (χ2n) is 11.2. The standard InChI is InChI=1S/C32H38N6O4/c1-22-30-37(29(40)21-35(4)38(30)32(42)33-19-24-9-6-5-7-10-24)28(18-23-13-15-27(39)16-14-23)31(41)36(22)20-25-11-8-12-26(17-25)34(2)3/h5-17,22,28,30,39H,18-21H2,1-4H3,(H,33,42). The summed E-state index contributed by atoms with van der Waals surface area (Å²) in [7, 11) is 5.66. The fourth-order valence-corrected chi connectivity index (χ4v) is 5.81. The highest BCUT2D eigenvalue weighted by molar-refractivity contribution is 5.92. The van der Waals surface area contributed by atoms with Crippen molar-refractivity contribution < 1.29 is 19.5 Å². The summed E-state index contributed by atoms with van der Waals surface area (Å²) in [5.74, 6) is -0.267. The lowest BCUT2D eigenvalue weighted by molar-refractivity contribution is -0.196. The third-order valence-electron chi connectivity index (χ3n) is 8.02. The van der Waals surface area contributed by atoms with Gasteiger partial charge in [0.05, 0.1) is 12.6 Å².